The number of amides is 2. The van der Waals surface area contributed by atoms with Gasteiger partial charge in [0.2, 0.25) is 11.8 Å². The van der Waals surface area contributed by atoms with Crippen LogP contribution in [0.1, 0.15) is 32.3 Å². The van der Waals surface area contributed by atoms with Crippen LogP contribution in [0.2, 0.25) is 15.1 Å². The lowest BCUT2D eigenvalue weighted by atomic mass is 10.1. The van der Waals surface area contributed by atoms with Crippen molar-refractivity contribution in [2.75, 3.05) is 24.5 Å². The molecule has 0 saturated heterocycles. The molecule has 1 atom stereocenters. The third-order valence-electron chi connectivity index (χ3n) is 6.43. The second kappa shape index (κ2) is 14.8. The van der Waals surface area contributed by atoms with Crippen molar-refractivity contribution >= 4 is 62.3 Å². The van der Waals surface area contributed by atoms with Gasteiger partial charge < -0.3 is 15.0 Å². The number of carbonyl (C=O) groups excluding carboxylic acids is 2. The first kappa shape index (κ1) is 32.5. The molecule has 3 rings (SSSR count). The number of benzene rings is 3. The van der Waals surface area contributed by atoms with Crippen molar-refractivity contribution in [1.82, 2.24) is 10.2 Å². The van der Waals surface area contributed by atoms with Gasteiger partial charge in [-0.3, -0.25) is 13.9 Å². The zero-order chi connectivity index (χ0) is 30.2. The molecule has 0 aliphatic carbocycles. The van der Waals surface area contributed by atoms with E-state index in [1.165, 1.54) is 60.5 Å². The Balaban J connectivity index is 2.03. The number of methoxy groups -OCH3 is 1. The number of hydrogen-bond donors (Lipinski definition) is 1. The van der Waals surface area contributed by atoms with Crippen LogP contribution in [0.25, 0.3) is 0 Å². The van der Waals surface area contributed by atoms with Crippen molar-refractivity contribution < 1.29 is 22.7 Å². The van der Waals surface area contributed by atoms with E-state index in [-0.39, 0.29) is 23.0 Å². The summed E-state index contributed by atoms with van der Waals surface area (Å²) in [5.74, 6) is -0.541. The SMILES string of the molecule is CCCCNC(=O)C(C)N(Cc1c(Cl)cccc1Cl)C(=O)CN(c1ccc(Cl)cc1)S(=O)(=O)c1ccc(OC)cc1. The van der Waals surface area contributed by atoms with Gasteiger partial charge in [0.15, 0.2) is 0 Å². The maximum absolute atomic E-state index is 14.0. The lowest BCUT2D eigenvalue weighted by Crippen LogP contribution is -2.51. The number of nitrogens with zero attached hydrogens (tertiary/aromatic N) is 2. The lowest BCUT2D eigenvalue weighted by Gasteiger charge is -2.32. The van der Waals surface area contributed by atoms with Crippen LogP contribution in [-0.2, 0) is 26.2 Å². The summed E-state index contributed by atoms with van der Waals surface area (Å²) in [6.07, 6.45) is 1.65. The highest BCUT2D eigenvalue weighted by molar-refractivity contribution is 7.92. The van der Waals surface area contributed by atoms with Crippen LogP contribution in [-0.4, -0.2) is 51.4 Å². The number of carbonyl (C=O) groups is 2. The number of anilines is 1. The van der Waals surface area contributed by atoms with E-state index in [1.807, 2.05) is 6.92 Å². The number of halogens is 3. The van der Waals surface area contributed by atoms with Crippen molar-refractivity contribution in [3.63, 3.8) is 0 Å². The standard InChI is InChI=1S/C29H32Cl3N3O5S/c1-4-5-17-33-29(37)20(2)34(18-25-26(31)7-6-8-27(25)32)28(36)19-35(22-11-9-21(30)10-12-22)41(38,39)24-15-13-23(40-3)14-16-24/h6-16,20H,4-5,17-19H2,1-3H3,(H,33,37). The molecule has 41 heavy (non-hydrogen) atoms. The van der Waals surface area contributed by atoms with Crippen molar-refractivity contribution in [3.8, 4) is 5.75 Å². The van der Waals surface area contributed by atoms with E-state index in [1.54, 1.807) is 25.1 Å². The minimum absolute atomic E-state index is 0.0490. The van der Waals surface area contributed by atoms with Crippen LogP contribution in [0.15, 0.2) is 71.6 Å². The number of hydrogen-bond acceptors (Lipinski definition) is 5. The summed E-state index contributed by atoms with van der Waals surface area (Å²) in [5.41, 5.74) is 0.655. The molecule has 0 aromatic heterocycles. The quantitative estimate of drug-likeness (QED) is 0.225. The van der Waals surface area contributed by atoms with Gasteiger partial charge in [-0.05, 0) is 74.0 Å². The van der Waals surface area contributed by atoms with Crippen molar-refractivity contribution in [2.45, 2.75) is 44.2 Å². The van der Waals surface area contributed by atoms with Crippen molar-refractivity contribution in [3.05, 3.63) is 87.4 Å². The normalized spacial score (nSPS) is 12.0. The Hall–Kier alpha value is -2.98. The average molecular weight is 641 g/mol. The molecule has 220 valence electrons. The summed E-state index contributed by atoms with van der Waals surface area (Å²) in [5, 5.41) is 3.86. The summed E-state index contributed by atoms with van der Waals surface area (Å²) in [4.78, 5) is 28.3. The lowest BCUT2D eigenvalue weighted by molar-refractivity contribution is -0.139. The van der Waals surface area contributed by atoms with Crippen LogP contribution in [0, 0.1) is 0 Å². The van der Waals surface area contributed by atoms with Crippen molar-refractivity contribution in [1.29, 1.82) is 0 Å². The molecule has 0 aliphatic rings. The highest BCUT2D eigenvalue weighted by Gasteiger charge is 2.33. The van der Waals surface area contributed by atoms with Gasteiger partial charge in [0, 0.05) is 33.7 Å². The van der Waals surface area contributed by atoms with E-state index in [0.717, 1.165) is 17.1 Å². The van der Waals surface area contributed by atoms with Crippen LogP contribution in [0.4, 0.5) is 5.69 Å². The van der Waals surface area contributed by atoms with Crippen LogP contribution in [0.5, 0.6) is 5.75 Å². The van der Waals surface area contributed by atoms with Crippen molar-refractivity contribution in [2.24, 2.45) is 0 Å². The van der Waals surface area contributed by atoms with Gasteiger partial charge in [0.05, 0.1) is 17.7 Å². The Kier molecular flexibility index (Phi) is 11.7. The highest BCUT2D eigenvalue weighted by atomic mass is 35.5. The second-order valence-corrected chi connectivity index (χ2v) is 12.3. The van der Waals surface area contributed by atoms with Crippen LogP contribution >= 0.6 is 34.8 Å². The number of unbranched alkanes of at least 4 members (excludes halogenated alkanes) is 1. The van der Waals surface area contributed by atoms with E-state index < -0.39 is 28.5 Å². The zero-order valence-corrected chi connectivity index (χ0v) is 26.0. The van der Waals surface area contributed by atoms with Gasteiger partial charge in [-0.25, -0.2) is 8.42 Å². The Labute approximate surface area is 256 Å². The van der Waals surface area contributed by atoms with Gasteiger partial charge in [-0.15, -0.1) is 0 Å². The summed E-state index contributed by atoms with van der Waals surface area (Å²) in [7, 11) is -2.76. The Morgan fingerprint density at radius 3 is 2.12 bits per heavy atom. The summed E-state index contributed by atoms with van der Waals surface area (Å²) in [6.45, 7) is 3.30. The highest BCUT2D eigenvalue weighted by Crippen LogP contribution is 2.29. The zero-order valence-electron chi connectivity index (χ0n) is 22.9. The van der Waals surface area contributed by atoms with Gasteiger partial charge in [0.25, 0.3) is 10.0 Å². The molecule has 3 aromatic rings. The van der Waals surface area contributed by atoms with E-state index in [0.29, 0.717) is 32.9 Å². The largest absolute Gasteiger partial charge is 0.497 e. The predicted molar refractivity (Wildman–Crippen MR) is 163 cm³/mol. The molecule has 1 unspecified atom stereocenters. The van der Waals surface area contributed by atoms with E-state index in [9.17, 15) is 18.0 Å². The monoisotopic (exact) mass is 639 g/mol. The number of sulfonamides is 1. The number of ether oxygens (including phenoxy) is 1. The first-order valence-corrected chi connectivity index (χ1v) is 15.5. The summed E-state index contributed by atoms with van der Waals surface area (Å²) in [6, 6.07) is 15.9. The molecule has 0 bridgehead atoms. The van der Waals surface area contributed by atoms with Gasteiger partial charge in [0.1, 0.15) is 18.3 Å². The first-order chi connectivity index (χ1) is 19.5. The molecule has 0 spiro atoms. The third kappa shape index (κ3) is 8.29. The van der Waals surface area contributed by atoms with Gasteiger partial charge in [-0.1, -0.05) is 54.2 Å². The molecule has 0 fully saturated rings. The maximum atomic E-state index is 14.0. The topological polar surface area (TPSA) is 96.0 Å². The molecule has 0 saturated carbocycles. The molecule has 12 heteroatoms. The van der Waals surface area contributed by atoms with Gasteiger partial charge >= 0.3 is 0 Å². The maximum Gasteiger partial charge on any atom is 0.264 e. The summed E-state index contributed by atoms with van der Waals surface area (Å²) >= 11 is 18.9. The van der Waals surface area contributed by atoms with Crippen LogP contribution < -0.4 is 14.4 Å². The molecule has 1 N–H and O–H groups in total. The molecule has 8 nitrogen and oxygen atoms in total. The second-order valence-electron chi connectivity index (χ2n) is 9.21. The minimum atomic E-state index is -4.24. The first-order valence-electron chi connectivity index (χ1n) is 12.9. The predicted octanol–water partition coefficient (Wildman–Crippen LogP) is 6.18. The Morgan fingerprint density at radius 1 is 0.951 bits per heavy atom. The molecule has 3 aromatic carbocycles. The average Bonchev–Trinajstić information content (AvgIpc) is 2.96. The smallest absolute Gasteiger partial charge is 0.264 e. The number of rotatable bonds is 13. The van der Waals surface area contributed by atoms with Crippen LogP contribution in [0.3, 0.4) is 0 Å². The Bertz CT molecular complexity index is 1430. The minimum Gasteiger partial charge on any atom is -0.497 e. The molecule has 2 amide bonds. The fourth-order valence-electron chi connectivity index (χ4n) is 3.98. The summed E-state index contributed by atoms with van der Waals surface area (Å²) < 4.78 is 33.9. The molecular weight excluding hydrogens is 609 g/mol. The van der Waals surface area contributed by atoms with E-state index in [4.69, 9.17) is 39.5 Å². The molecule has 0 aliphatic heterocycles. The van der Waals surface area contributed by atoms with E-state index in [2.05, 4.69) is 5.32 Å². The fraction of sp³-hybridized carbons (Fsp3) is 0.310. The fourth-order valence-corrected chi connectivity index (χ4v) is 6.04. The molecule has 0 heterocycles. The van der Waals surface area contributed by atoms with Gasteiger partial charge in [-0.2, -0.15) is 0 Å². The molecular formula is C29H32Cl3N3O5S. The Morgan fingerprint density at radius 2 is 1.56 bits per heavy atom. The number of nitrogens with one attached hydrogen (secondary N) is 1. The third-order valence-corrected chi connectivity index (χ3v) is 9.18. The van der Waals surface area contributed by atoms with E-state index >= 15 is 0 Å². The molecule has 0 radical (unpaired) electrons.